The van der Waals surface area contributed by atoms with Gasteiger partial charge in [0.05, 0.1) is 18.6 Å². The summed E-state index contributed by atoms with van der Waals surface area (Å²) in [6.07, 6.45) is -3.38. The van der Waals surface area contributed by atoms with Gasteiger partial charge in [0.25, 0.3) is 5.56 Å². The van der Waals surface area contributed by atoms with Gasteiger partial charge in [-0.1, -0.05) is 0 Å². The first-order valence-electron chi connectivity index (χ1n) is 8.38. The minimum absolute atomic E-state index is 0.0212. The zero-order valence-corrected chi connectivity index (χ0v) is 14.4. The number of benzene rings is 1. The van der Waals surface area contributed by atoms with E-state index in [4.69, 9.17) is 4.74 Å². The summed E-state index contributed by atoms with van der Waals surface area (Å²) >= 11 is 0. The monoisotopic (exact) mass is 390 g/mol. The fourth-order valence-electron chi connectivity index (χ4n) is 2.96. The molecule has 28 heavy (non-hydrogen) atoms. The van der Waals surface area contributed by atoms with Crippen LogP contribution in [0.3, 0.4) is 0 Å². The van der Waals surface area contributed by atoms with Crippen LogP contribution in [-0.4, -0.2) is 64.9 Å². The molecule has 0 spiro atoms. The quantitative estimate of drug-likeness (QED) is 0.208. The predicted molar refractivity (Wildman–Crippen MR) is 96.5 cm³/mol. The number of H-pyrrole nitrogens is 1. The molecule has 12 nitrogen and oxygen atoms in total. The van der Waals surface area contributed by atoms with E-state index in [0.717, 1.165) is 0 Å². The Balaban J connectivity index is 1.63. The van der Waals surface area contributed by atoms with Crippen molar-refractivity contribution in [2.75, 3.05) is 17.5 Å². The maximum absolute atomic E-state index is 12.3. The predicted octanol–water partition coefficient (Wildman–Crippen LogP) is -1.12. The molecule has 0 aliphatic carbocycles. The van der Waals surface area contributed by atoms with Gasteiger partial charge >= 0.3 is 0 Å². The van der Waals surface area contributed by atoms with Crippen LogP contribution in [-0.2, 0) is 4.74 Å². The number of rotatable bonds is 5. The number of aliphatic hydroxyl groups is 3. The van der Waals surface area contributed by atoms with E-state index < -0.39 is 36.7 Å². The molecular weight excluding hydrogens is 372 g/mol. The number of aromatic hydroxyl groups is 1. The fourth-order valence-corrected chi connectivity index (χ4v) is 2.96. The van der Waals surface area contributed by atoms with E-state index in [1.807, 2.05) is 0 Å². The summed E-state index contributed by atoms with van der Waals surface area (Å²) in [5, 5.41) is 38.7. The molecule has 0 radical (unpaired) electrons. The zero-order valence-electron chi connectivity index (χ0n) is 14.4. The molecule has 0 unspecified atom stereocenters. The summed E-state index contributed by atoms with van der Waals surface area (Å²) in [6, 6.07) is 6.20. The Labute approximate surface area is 157 Å². The summed E-state index contributed by atoms with van der Waals surface area (Å²) in [5.74, 6) is 0.181. The first kappa shape index (κ1) is 18.2. The molecule has 1 aromatic carbocycles. The zero-order chi connectivity index (χ0) is 19.8. The normalized spacial score (nSPS) is 24.5. The maximum Gasteiger partial charge on any atom is 0.280 e. The number of hydrogen-bond acceptors (Lipinski definition) is 10. The van der Waals surface area contributed by atoms with Crippen LogP contribution in [0.4, 0.5) is 11.6 Å². The summed E-state index contributed by atoms with van der Waals surface area (Å²) in [7, 11) is 0. The van der Waals surface area contributed by atoms with Crippen LogP contribution in [0.5, 0.6) is 5.75 Å². The first-order valence-corrected chi connectivity index (χ1v) is 8.38. The van der Waals surface area contributed by atoms with E-state index in [1.54, 1.807) is 12.1 Å². The molecule has 1 aliphatic rings. The molecule has 0 bridgehead atoms. The minimum Gasteiger partial charge on any atom is -0.508 e. The number of nitrogens with zero attached hydrogens (tertiary/aromatic N) is 3. The number of aromatic amines is 1. The van der Waals surface area contributed by atoms with Crippen molar-refractivity contribution in [3.63, 3.8) is 0 Å². The molecule has 4 rings (SSSR count). The lowest BCUT2D eigenvalue weighted by molar-refractivity contribution is -0.0511. The van der Waals surface area contributed by atoms with Gasteiger partial charge in [0, 0.05) is 0 Å². The molecule has 7 N–H and O–H groups in total. The van der Waals surface area contributed by atoms with Crippen molar-refractivity contribution in [3.05, 3.63) is 40.9 Å². The van der Waals surface area contributed by atoms with Gasteiger partial charge in [-0.05, 0) is 24.3 Å². The van der Waals surface area contributed by atoms with Crippen molar-refractivity contribution in [1.82, 2.24) is 19.5 Å². The number of ether oxygens (including phenoxy) is 1. The van der Waals surface area contributed by atoms with Gasteiger partial charge in [-0.2, -0.15) is 4.98 Å². The lowest BCUT2D eigenvalue weighted by Gasteiger charge is -2.16. The largest absolute Gasteiger partial charge is 0.508 e. The number of aromatic nitrogens is 4. The van der Waals surface area contributed by atoms with Crippen molar-refractivity contribution in [1.29, 1.82) is 0 Å². The highest BCUT2D eigenvalue weighted by atomic mass is 16.6. The number of anilines is 2. The van der Waals surface area contributed by atoms with E-state index in [1.165, 1.54) is 23.0 Å². The molecular formula is C16H18N6O6. The van der Waals surface area contributed by atoms with Crippen molar-refractivity contribution in [3.8, 4) is 5.75 Å². The topological polar surface area (TPSA) is 178 Å². The minimum atomic E-state index is -1.33. The summed E-state index contributed by atoms with van der Waals surface area (Å²) < 4.78 is 6.79. The molecule has 12 heteroatoms. The van der Waals surface area contributed by atoms with Crippen LogP contribution >= 0.6 is 0 Å². The Morgan fingerprint density at radius 1 is 1.18 bits per heavy atom. The van der Waals surface area contributed by atoms with Crippen LogP contribution in [0.1, 0.15) is 6.23 Å². The van der Waals surface area contributed by atoms with Crippen LogP contribution in [0.15, 0.2) is 35.4 Å². The van der Waals surface area contributed by atoms with E-state index in [2.05, 4.69) is 25.8 Å². The number of phenolic OH excluding ortho intramolecular Hbond substituents is 1. The first-order chi connectivity index (χ1) is 13.5. The molecule has 1 saturated heterocycles. The van der Waals surface area contributed by atoms with Crippen molar-refractivity contribution in [2.24, 2.45) is 0 Å². The number of phenols is 1. The van der Waals surface area contributed by atoms with Gasteiger partial charge in [-0.15, -0.1) is 0 Å². The molecule has 4 atom stereocenters. The highest BCUT2D eigenvalue weighted by Gasteiger charge is 2.44. The van der Waals surface area contributed by atoms with E-state index in [0.29, 0.717) is 5.69 Å². The lowest BCUT2D eigenvalue weighted by atomic mass is 10.1. The van der Waals surface area contributed by atoms with E-state index >= 15 is 0 Å². The molecule has 3 aromatic rings. The number of hydrazine groups is 1. The third kappa shape index (κ3) is 3.14. The second-order valence-corrected chi connectivity index (χ2v) is 6.26. The van der Waals surface area contributed by atoms with Gasteiger partial charge in [0.15, 0.2) is 17.4 Å². The molecule has 3 heterocycles. The van der Waals surface area contributed by atoms with Crippen molar-refractivity contribution in [2.45, 2.75) is 24.5 Å². The van der Waals surface area contributed by atoms with Gasteiger partial charge in [0.2, 0.25) is 5.95 Å². The van der Waals surface area contributed by atoms with Gasteiger partial charge in [-0.25, -0.2) is 4.98 Å². The van der Waals surface area contributed by atoms with Crippen LogP contribution < -0.4 is 16.4 Å². The Bertz CT molecular complexity index is 1030. The molecule has 1 fully saturated rings. The Morgan fingerprint density at radius 2 is 1.93 bits per heavy atom. The fraction of sp³-hybridized carbons (Fsp3) is 0.312. The van der Waals surface area contributed by atoms with Crippen molar-refractivity contribution < 1.29 is 25.2 Å². The lowest BCUT2D eigenvalue weighted by Crippen LogP contribution is -2.33. The van der Waals surface area contributed by atoms with Gasteiger partial charge in [0.1, 0.15) is 24.1 Å². The van der Waals surface area contributed by atoms with E-state index in [-0.39, 0.29) is 22.9 Å². The molecule has 2 aromatic heterocycles. The Morgan fingerprint density at radius 3 is 2.61 bits per heavy atom. The molecule has 1 aliphatic heterocycles. The number of aliphatic hydroxyl groups excluding tert-OH is 3. The number of imidazole rings is 1. The SMILES string of the molecule is O=c1[nH]c(NNc2ccc(O)cc2)nc2c1ncn2[C@@H]1O[C@H](CO)[C@@H](O)[C@H]1O. The van der Waals surface area contributed by atoms with Crippen LogP contribution in [0.25, 0.3) is 11.2 Å². The Kier molecular flexibility index (Phi) is 4.60. The molecule has 0 saturated carbocycles. The summed E-state index contributed by atoms with van der Waals surface area (Å²) in [6.45, 7) is -0.473. The van der Waals surface area contributed by atoms with Crippen LogP contribution in [0.2, 0.25) is 0 Å². The standard InChI is InChI=1S/C16H18N6O6/c23-5-9-11(25)12(26)15(28-9)22-6-17-10-13(22)18-16(19-14(10)27)21-20-7-1-3-8(24)4-2-7/h1-4,6,9,11-12,15,20,23-26H,5H2,(H2,18,19,21,27)/t9-,11-,12-,15-/m1/s1. The smallest absolute Gasteiger partial charge is 0.280 e. The third-order valence-corrected chi connectivity index (χ3v) is 4.42. The average molecular weight is 390 g/mol. The number of nitrogens with one attached hydrogen (secondary N) is 3. The Hall–Kier alpha value is -3.19. The maximum atomic E-state index is 12.3. The molecule has 0 amide bonds. The second kappa shape index (κ2) is 7.09. The third-order valence-electron chi connectivity index (χ3n) is 4.42. The summed E-state index contributed by atoms with van der Waals surface area (Å²) in [5.41, 5.74) is 5.77. The van der Waals surface area contributed by atoms with Crippen LogP contribution in [0, 0.1) is 0 Å². The second-order valence-electron chi connectivity index (χ2n) is 6.26. The van der Waals surface area contributed by atoms with Crippen molar-refractivity contribution >= 4 is 22.8 Å². The van der Waals surface area contributed by atoms with E-state index in [9.17, 15) is 25.2 Å². The average Bonchev–Trinajstić information content (AvgIpc) is 3.23. The van der Waals surface area contributed by atoms with Gasteiger partial charge < -0.3 is 25.2 Å². The highest BCUT2D eigenvalue weighted by molar-refractivity contribution is 5.71. The highest BCUT2D eigenvalue weighted by Crippen LogP contribution is 2.30. The summed E-state index contributed by atoms with van der Waals surface area (Å²) in [4.78, 5) is 23.1. The number of hydrogen-bond donors (Lipinski definition) is 7. The van der Waals surface area contributed by atoms with Gasteiger partial charge in [-0.3, -0.25) is 25.2 Å². The molecule has 148 valence electrons. The number of fused-ring (bicyclic) bond motifs is 1.